The van der Waals surface area contributed by atoms with Crippen LogP contribution in [0.25, 0.3) is 0 Å². The summed E-state index contributed by atoms with van der Waals surface area (Å²) >= 11 is 0. The second kappa shape index (κ2) is 8.44. The average molecular weight is 414 g/mol. The van der Waals surface area contributed by atoms with Gasteiger partial charge in [0.05, 0.1) is 17.0 Å². The number of benzene rings is 1. The van der Waals surface area contributed by atoms with Crippen molar-refractivity contribution in [2.75, 3.05) is 46.6 Å². The molecule has 2 saturated heterocycles. The summed E-state index contributed by atoms with van der Waals surface area (Å²) in [6.07, 6.45) is 1.32. The summed E-state index contributed by atoms with van der Waals surface area (Å²) in [7, 11) is -2.32. The quantitative estimate of drug-likeness (QED) is 0.661. The van der Waals surface area contributed by atoms with Crippen molar-refractivity contribution in [3.63, 3.8) is 0 Å². The highest BCUT2D eigenvalue weighted by Crippen LogP contribution is 2.33. The van der Waals surface area contributed by atoms with Crippen LogP contribution in [0, 0.1) is 12.7 Å². The molecule has 1 aromatic carbocycles. The highest BCUT2D eigenvalue weighted by atomic mass is 32.2. The maximum atomic E-state index is 14.0. The number of rotatable bonds is 6. The van der Waals surface area contributed by atoms with E-state index >= 15 is 0 Å². The van der Waals surface area contributed by atoms with Crippen LogP contribution in [0.2, 0.25) is 0 Å². The molecular formula is C19H27FN2O5S. The third kappa shape index (κ3) is 4.07. The third-order valence-electron chi connectivity index (χ3n) is 5.51. The second-order valence-electron chi connectivity index (χ2n) is 7.42. The van der Waals surface area contributed by atoms with Crippen molar-refractivity contribution < 1.29 is 27.1 Å². The number of aryl methyl sites for hydroxylation is 1. The molecule has 9 heteroatoms. The number of hydrogen-bond donors (Lipinski definition) is 0. The normalized spacial score (nSPS) is 24.1. The number of carbonyl (C=O) groups excluding carboxylic acids is 1. The fourth-order valence-electron chi connectivity index (χ4n) is 3.86. The van der Waals surface area contributed by atoms with Gasteiger partial charge in [0.2, 0.25) is 15.9 Å². The van der Waals surface area contributed by atoms with E-state index in [9.17, 15) is 17.6 Å². The zero-order valence-corrected chi connectivity index (χ0v) is 17.1. The summed E-state index contributed by atoms with van der Waals surface area (Å²) in [6, 6.07) is 3.91. The van der Waals surface area contributed by atoms with Crippen LogP contribution in [-0.4, -0.2) is 75.6 Å². The first-order chi connectivity index (χ1) is 13.3. The van der Waals surface area contributed by atoms with E-state index in [1.807, 2.05) is 0 Å². The molecule has 7 nitrogen and oxygen atoms in total. The molecule has 2 aliphatic rings. The predicted molar refractivity (Wildman–Crippen MR) is 101 cm³/mol. The van der Waals surface area contributed by atoms with E-state index < -0.39 is 21.4 Å². The molecule has 1 amide bonds. The van der Waals surface area contributed by atoms with Crippen molar-refractivity contribution in [1.82, 2.24) is 9.21 Å². The minimum atomic E-state index is -3.93. The number of ether oxygens (including phenoxy) is 2. The molecule has 1 atom stereocenters. The lowest BCUT2D eigenvalue weighted by molar-refractivity contribution is -0.136. The Balaban J connectivity index is 1.91. The van der Waals surface area contributed by atoms with Gasteiger partial charge in [-0.05, 0) is 37.5 Å². The van der Waals surface area contributed by atoms with Crippen molar-refractivity contribution in [3.8, 4) is 0 Å². The lowest BCUT2D eigenvalue weighted by Gasteiger charge is -2.40. The molecule has 0 saturated carbocycles. The van der Waals surface area contributed by atoms with Crippen molar-refractivity contribution in [1.29, 1.82) is 0 Å². The van der Waals surface area contributed by atoms with Crippen LogP contribution in [0.5, 0.6) is 0 Å². The Kier molecular flexibility index (Phi) is 6.38. The summed E-state index contributed by atoms with van der Waals surface area (Å²) < 4.78 is 52.3. The zero-order valence-electron chi connectivity index (χ0n) is 16.3. The Hall–Kier alpha value is -1.55. The molecule has 1 spiro atoms. The van der Waals surface area contributed by atoms with Gasteiger partial charge in [-0.2, -0.15) is 4.31 Å². The lowest BCUT2D eigenvalue weighted by Crippen LogP contribution is -2.57. The molecule has 3 rings (SSSR count). The van der Waals surface area contributed by atoms with Crippen LogP contribution in [0.1, 0.15) is 24.8 Å². The van der Waals surface area contributed by atoms with E-state index in [-0.39, 0.29) is 30.3 Å². The molecule has 0 radical (unpaired) electrons. The second-order valence-corrected chi connectivity index (χ2v) is 9.36. The molecule has 2 aliphatic heterocycles. The standard InChI is InChI=1S/C19H27FN2O5S/c1-15-4-5-16(12-17(15)20)28(24,25)21-9-6-18(23)22(8-3-10-26-2)19(13-21)7-11-27-14-19/h4-5,12H,3,6-11,13-14H2,1-2H3. The van der Waals surface area contributed by atoms with E-state index in [1.54, 1.807) is 18.9 Å². The van der Waals surface area contributed by atoms with Crippen molar-refractivity contribution in [2.45, 2.75) is 36.6 Å². The number of methoxy groups -OCH3 is 1. The largest absolute Gasteiger partial charge is 0.385 e. The van der Waals surface area contributed by atoms with E-state index in [1.165, 1.54) is 16.4 Å². The van der Waals surface area contributed by atoms with Gasteiger partial charge in [-0.25, -0.2) is 12.8 Å². The fourth-order valence-corrected chi connectivity index (χ4v) is 5.40. The van der Waals surface area contributed by atoms with Gasteiger partial charge in [0.25, 0.3) is 0 Å². The first-order valence-electron chi connectivity index (χ1n) is 9.44. The van der Waals surface area contributed by atoms with Crippen molar-refractivity contribution in [3.05, 3.63) is 29.6 Å². The maximum absolute atomic E-state index is 14.0. The summed E-state index contributed by atoms with van der Waals surface area (Å²) in [5.74, 6) is -0.651. The van der Waals surface area contributed by atoms with Crippen LogP contribution in [-0.2, 0) is 24.3 Å². The predicted octanol–water partition coefficient (Wildman–Crippen LogP) is 1.55. The molecular weight excluding hydrogens is 387 g/mol. The third-order valence-corrected chi connectivity index (χ3v) is 7.35. The van der Waals surface area contributed by atoms with Gasteiger partial charge in [0.1, 0.15) is 5.82 Å². The van der Waals surface area contributed by atoms with Crippen LogP contribution in [0.4, 0.5) is 4.39 Å². The van der Waals surface area contributed by atoms with Crippen LogP contribution >= 0.6 is 0 Å². The number of amides is 1. The van der Waals surface area contributed by atoms with Gasteiger partial charge in [0, 0.05) is 46.4 Å². The number of halogens is 1. The molecule has 0 aliphatic carbocycles. The molecule has 1 aromatic rings. The Morgan fingerprint density at radius 3 is 2.79 bits per heavy atom. The lowest BCUT2D eigenvalue weighted by atomic mass is 9.96. The number of hydrogen-bond acceptors (Lipinski definition) is 5. The van der Waals surface area contributed by atoms with Gasteiger partial charge in [-0.3, -0.25) is 4.79 Å². The Labute approximate surface area is 165 Å². The number of carbonyl (C=O) groups is 1. The highest BCUT2D eigenvalue weighted by Gasteiger charge is 2.48. The van der Waals surface area contributed by atoms with Gasteiger partial charge < -0.3 is 14.4 Å². The molecule has 0 N–H and O–H groups in total. The van der Waals surface area contributed by atoms with E-state index in [4.69, 9.17) is 9.47 Å². The van der Waals surface area contributed by atoms with Gasteiger partial charge >= 0.3 is 0 Å². The Morgan fingerprint density at radius 1 is 1.36 bits per heavy atom. The van der Waals surface area contributed by atoms with Gasteiger partial charge in [-0.1, -0.05) is 6.07 Å². The minimum absolute atomic E-state index is 0.0686. The summed E-state index contributed by atoms with van der Waals surface area (Å²) in [5, 5.41) is 0. The zero-order chi connectivity index (χ0) is 20.4. The highest BCUT2D eigenvalue weighted by molar-refractivity contribution is 7.89. The summed E-state index contributed by atoms with van der Waals surface area (Å²) in [6.45, 7) is 3.57. The smallest absolute Gasteiger partial charge is 0.243 e. The van der Waals surface area contributed by atoms with E-state index in [2.05, 4.69) is 0 Å². The van der Waals surface area contributed by atoms with Gasteiger partial charge in [0.15, 0.2) is 0 Å². The maximum Gasteiger partial charge on any atom is 0.243 e. The van der Waals surface area contributed by atoms with E-state index in [0.29, 0.717) is 44.8 Å². The molecule has 1 unspecified atom stereocenters. The monoisotopic (exact) mass is 414 g/mol. The molecule has 156 valence electrons. The number of nitrogens with zero attached hydrogens (tertiary/aromatic N) is 2. The number of sulfonamides is 1. The van der Waals surface area contributed by atoms with Crippen molar-refractivity contribution >= 4 is 15.9 Å². The van der Waals surface area contributed by atoms with E-state index in [0.717, 1.165) is 6.07 Å². The summed E-state index contributed by atoms with van der Waals surface area (Å²) in [5.41, 5.74) is -0.313. The minimum Gasteiger partial charge on any atom is -0.385 e. The topological polar surface area (TPSA) is 76.2 Å². The Morgan fingerprint density at radius 2 is 2.14 bits per heavy atom. The van der Waals surface area contributed by atoms with Crippen LogP contribution < -0.4 is 0 Å². The van der Waals surface area contributed by atoms with Gasteiger partial charge in [-0.15, -0.1) is 0 Å². The van der Waals surface area contributed by atoms with Crippen molar-refractivity contribution in [2.24, 2.45) is 0 Å². The first kappa shape index (κ1) is 21.2. The molecule has 28 heavy (non-hydrogen) atoms. The first-order valence-corrected chi connectivity index (χ1v) is 10.9. The molecule has 2 heterocycles. The molecule has 0 aromatic heterocycles. The molecule has 2 fully saturated rings. The molecule has 0 bridgehead atoms. The van der Waals surface area contributed by atoms with Crippen LogP contribution in [0.15, 0.2) is 23.1 Å². The Bertz CT molecular complexity index is 824. The summed E-state index contributed by atoms with van der Waals surface area (Å²) in [4.78, 5) is 14.5. The SMILES string of the molecule is COCCCN1C(=O)CCN(S(=O)(=O)c2ccc(C)c(F)c2)CC12CCOC2. The average Bonchev–Trinajstić information content (AvgIpc) is 3.07. The van der Waals surface area contributed by atoms with Crippen LogP contribution in [0.3, 0.4) is 0 Å². The fraction of sp³-hybridized carbons (Fsp3) is 0.632.